The van der Waals surface area contributed by atoms with Gasteiger partial charge >= 0.3 is 0 Å². The van der Waals surface area contributed by atoms with Gasteiger partial charge in [-0.25, -0.2) is 0 Å². The van der Waals surface area contributed by atoms with Crippen molar-refractivity contribution < 1.29 is 9.47 Å². The largest absolute Gasteiger partial charge is 0.350 e. The zero-order valence-electron chi connectivity index (χ0n) is 7.43. The molecule has 4 heteroatoms. The fourth-order valence-corrected chi connectivity index (χ4v) is 2.46. The van der Waals surface area contributed by atoms with Gasteiger partial charge in [-0.05, 0) is 6.42 Å². The molecule has 2 atom stereocenters. The Morgan fingerprint density at radius 1 is 1.50 bits per heavy atom. The highest BCUT2D eigenvalue weighted by Gasteiger charge is 2.66. The van der Waals surface area contributed by atoms with Crippen molar-refractivity contribution in [1.29, 1.82) is 5.26 Å². The van der Waals surface area contributed by atoms with Crippen LogP contribution in [-0.2, 0) is 9.47 Å². The minimum atomic E-state index is -1.02. The van der Waals surface area contributed by atoms with Crippen LogP contribution in [0.5, 0.6) is 0 Å². The van der Waals surface area contributed by atoms with E-state index in [1.54, 1.807) is 0 Å². The van der Waals surface area contributed by atoms with E-state index in [9.17, 15) is 0 Å². The van der Waals surface area contributed by atoms with E-state index in [2.05, 4.69) is 0 Å². The standard InChI is InChI=1S/C8H12ClNO2/c1-6-4-7(9,5-10)8(6,11-2)12-3/h6H,4H2,1-3H3. The molecule has 3 nitrogen and oxygen atoms in total. The molecule has 0 heterocycles. The number of rotatable bonds is 2. The maximum atomic E-state index is 8.82. The van der Waals surface area contributed by atoms with Crippen LogP contribution in [0, 0.1) is 17.2 Å². The van der Waals surface area contributed by atoms with E-state index < -0.39 is 10.7 Å². The molecule has 0 radical (unpaired) electrons. The van der Waals surface area contributed by atoms with Gasteiger partial charge in [-0.15, -0.1) is 0 Å². The molecule has 12 heavy (non-hydrogen) atoms. The van der Waals surface area contributed by atoms with Crippen LogP contribution in [-0.4, -0.2) is 24.9 Å². The van der Waals surface area contributed by atoms with Crippen molar-refractivity contribution in [2.45, 2.75) is 24.0 Å². The zero-order valence-corrected chi connectivity index (χ0v) is 8.18. The van der Waals surface area contributed by atoms with E-state index in [4.69, 9.17) is 26.3 Å². The van der Waals surface area contributed by atoms with Crippen LogP contribution in [0.3, 0.4) is 0 Å². The topological polar surface area (TPSA) is 42.2 Å². The maximum absolute atomic E-state index is 8.82. The predicted octanol–water partition coefficient (Wildman–Crippen LogP) is 1.52. The molecule has 0 N–H and O–H groups in total. The maximum Gasteiger partial charge on any atom is 0.203 e. The molecule has 0 spiro atoms. The number of halogens is 1. The van der Waals surface area contributed by atoms with Gasteiger partial charge in [0.15, 0.2) is 4.87 Å². The molecule has 0 saturated heterocycles. The predicted molar refractivity (Wildman–Crippen MR) is 44.7 cm³/mol. The van der Waals surface area contributed by atoms with E-state index in [-0.39, 0.29) is 5.92 Å². The van der Waals surface area contributed by atoms with Crippen molar-refractivity contribution in [2.75, 3.05) is 14.2 Å². The van der Waals surface area contributed by atoms with Crippen molar-refractivity contribution in [1.82, 2.24) is 0 Å². The van der Waals surface area contributed by atoms with Crippen LogP contribution in [0.25, 0.3) is 0 Å². The highest BCUT2D eigenvalue weighted by Crippen LogP contribution is 2.53. The molecule has 1 aliphatic carbocycles. The average Bonchev–Trinajstić information content (AvgIpc) is 2.06. The van der Waals surface area contributed by atoms with Gasteiger partial charge in [0, 0.05) is 20.1 Å². The summed E-state index contributed by atoms with van der Waals surface area (Å²) in [6.45, 7) is 1.95. The first-order valence-corrected chi connectivity index (χ1v) is 4.14. The summed E-state index contributed by atoms with van der Waals surface area (Å²) < 4.78 is 10.3. The Morgan fingerprint density at radius 3 is 2.17 bits per heavy atom. The summed E-state index contributed by atoms with van der Waals surface area (Å²) in [5, 5.41) is 8.82. The van der Waals surface area contributed by atoms with Gasteiger partial charge in [0.2, 0.25) is 5.79 Å². The minimum absolute atomic E-state index is 0.157. The molecule has 0 bridgehead atoms. The molecule has 2 unspecified atom stereocenters. The minimum Gasteiger partial charge on any atom is -0.350 e. The highest BCUT2D eigenvalue weighted by molar-refractivity contribution is 6.27. The second-order valence-electron chi connectivity index (χ2n) is 3.09. The van der Waals surface area contributed by atoms with Crippen LogP contribution in [0.2, 0.25) is 0 Å². The van der Waals surface area contributed by atoms with E-state index in [0.717, 1.165) is 0 Å². The Hall–Kier alpha value is -0.300. The number of alkyl halides is 1. The van der Waals surface area contributed by atoms with Gasteiger partial charge in [0.05, 0.1) is 6.07 Å². The van der Waals surface area contributed by atoms with Crippen LogP contribution < -0.4 is 0 Å². The lowest BCUT2D eigenvalue weighted by molar-refractivity contribution is -0.295. The molecule has 1 fully saturated rings. The number of hydrogen-bond donors (Lipinski definition) is 0. The molecule has 0 aromatic heterocycles. The van der Waals surface area contributed by atoms with E-state index in [0.29, 0.717) is 6.42 Å². The first-order chi connectivity index (χ1) is 5.56. The summed E-state index contributed by atoms with van der Waals surface area (Å²) >= 11 is 6.00. The second kappa shape index (κ2) is 2.88. The molecule has 1 saturated carbocycles. The van der Waals surface area contributed by atoms with Crippen LogP contribution in [0.15, 0.2) is 0 Å². The summed E-state index contributed by atoms with van der Waals surface area (Å²) in [7, 11) is 3.02. The summed E-state index contributed by atoms with van der Waals surface area (Å²) in [6, 6.07) is 2.02. The second-order valence-corrected chi connectivity index (χ2v) is 3.74. The quantitative estimate of drug-likeness (QED) is 0.489. The van der Waals surface area contributed by atoms with Crippen molar-refractivity contribution >= 4 is 11.6 Å². The fourth-order valence-electron chi connectivity index (χ4n) is 1.89. The lowest BCUT2D eigenvalue weighted by atomic mass is 9.69. The molecule has 0 amide bonds. The fraction of sp³-hybridized carbons (Fsp3) is 0.875. The zero-order chi connectivity index (χ0) is 9.41. The van der Waals surface area contributed by atoms with Gasteiger partial charge < -0.3 is 9.47 Å². The molecule has 1 aliphatic rings. The number of ether oxygens (including phenoxy) is 2. The van der Waals surface area contributed by atoms with Crippen molar-refractivity contribution in [3.8, 4) is 6.07 Å². The highest BCUT2D eigenvalue weighted by atomic mass is 35.5. The van der Waals surface area contributed by atoms with Gasteiger partial charge in [-0.1, -0.05) is 18.5 Å². The summed E-state index contributed by atoms with van der Waals surface area (Å²) in [5.41, 5.74) is 0. The molecule has 68 valence electrons. The van der Waals surface area contributed by atoms with Gasteiger partial charge in [0.25, 0.3) is 0 Å². The Bertz CT molecular complexity index is 222. The molecular formula is C8H12ClNO2. The number of nitriles is 1. The lowest BCUT2D eigenvalue weighted by Crippen LogP contribution is -2.66. The summed E-state index contributed by atoms with van der Waals surface area (Å²) in [5.74, 6) is -0.770. The SMILES string of the molecule is COC1(OC)C(C)CC1(Cl)C#N. The van der Waals surface area contributed by atoms with Crippen LogP contribution in [0.4, 0.5) is 0 Å². The first-order valence-electron chi connectivity index (χ1n) is 3.77. The summed E-state index contributed by atoms with van der Waals surface area (Å²) in [4.78, 5) is -1.02. The number of methoxy groups -OCH3 is 2. The average molecular weight is 190 g/mol. The Morgan fingerprint density at radius 2 is 2.00 bits per heavy atom. The van der Waals surface area contributed by atoms with Crippen molar-refractivity contribution in [3.63, 3.8) is 0 Å². The van der Waals surface area contributed by atoms with E-state index >= 15 is 0 Å². The smallest absolute Gasteiger partial charge is 0.203 e. The van der Waals surface area contributed by atoms with Crippen molar-refractivity contribution in [2.24, 2.45) is 5.92 Å². The molecular weight excluding hydrogens is 178 g/mol. The Labute approximate surface area is 77.2 Å². The van der Waals surface area contributed by atoms with E-state index in [1.807, 2.05) is 13.0 Å². The number of nitrogens with zero attached hydrogens (tertiary/aromatic N) is 1. The lowest BCUT2D eigenvalue weighted by Gasteiger charge is -2.53. The van der Waals surface area contributed by atoms with Gasteiger partial charge in [-0.3, -0.25) is 0 Å². The van der Waals surface area contributed by atoms with Gasteiger partial charge in [-0.2, -0.15) is 5.26 Å². The Kier molecular flexibility index (Phi) is 2.35. The summed E-state index contributed by atoms with van der Waals surface area (Å²) in [6.07, 6.45) is 0.604. The van der Waals surface area contributed by atoms with Gasteiger partial charge in [0.1, 0.15) is 0 Å². The third-order valence-electron chi connectivity index (χ3n) is 2.57. The molecule has 0 aliphatic heterocycles. The van der Waals surface area contributed by atoms with E-state index in [1.165, 1.54) is 14.2 Å². The number of hydrogen-bond acceptors (Lipinski definition) is 3. The molecule has 0 aromatic rings. The van der Waals surface area contributed by atoms with Crippen LogP contribution in [0.1, 0.15) is 13.3 Å². The monoisotopic (exact) mass is 189 g/mol. The third-order valence-corrected chi connectivity index (χ3v) is 3.07. The normalized spacial score (nSPS) is 38.4. The molecule has 0 aromatic carbocycles. The Balaban J connectivity index is 2.92. The van der Waals surface area contributed by atoms with Crippen molar-refractivity contribution in [3.05, 3.63) is 0 Å². The first kappa shape index (κ1) is 9.79. The van der Waals surface area contributed by atoms with Crippen LogP contribution >= 0.6 is 11.6 Å². The molecule has 1 rings (SSSR count). The third kappa shape index (κ3) is 0.891.